The summed E-state index contributed by atoms with van der Waals surface area (Å²) in [6, 6.07) is 0.663. The second-order valence-corrected chi connectivity index (χ2v) is 4.56. The summed E-state index contributed by atoms with van der Waals surface area (Å²) < 4.78 is 0. The van der Waals surface area contributed by atoms with E-state index in [4.69, 9.17) is 5.11 Å². The van der Waals surface area contributed by atoms with E-state index in [-0.39, 0.29) is 0 Å². The van der Waals surface area contributed by atoms with Crippen molar-refractivity contribution in [2.24, 2.45) is 5.92 Å². The summed E-state index contributed by atoms with van der Waals surface area (Å²) in [5, 5.41) is 12.5. The second kappa shape index (κ2) is 5.10. The molecule has 0 aromatic rings. The van der Waals surface area contributed by atoms with Crippen LogP contribution in [-0.2, 0) is 0 Å². The van der Waals surface area contributed by atoms with Crippen LogP contribution in [0.15, 0.2) is 0 Å². The molecule has 1 saturated carbocycles. The number of rotatable bonds is 4. The average molecular weight is 198 g/mol. The van der Waals surface area contributed by atoms with E-state index >= 15 is 0 Å². The highest BCUT2D eigenvalue weighted by Gasteiger charge is 2.31. The van der Waals surface area contributed by atoms with E-state index in [0.717, 1.165) is 25.4 Å². The molecule has 0 radical (unpaired) electrons. The van der Waals surface area contributed by atoms with Crippen LogP contribution in [0.25, 0.3) is 0 Å². The number of aliphatic hydroxyl groups excluding tert-OH is 1. The second-order valence-electron chi connectivity index (χ2n) is 4.56. The molecule has 2 aliphatic rings. The number of hydrogen-bond acceptors (Lipinski definition) is 3. The number of nitrogens with one attached hydrogen (secondary N) is 1. The molecule has 0 bridgehead atoms. The highest BCUT2D eigenvalue weighted by atomic mass is 16.3. The summed E-state index contributed by atoms with van der Waals surface area (Å²) in [4.78, 5) is 2.58. The molecular formula is C11H22N2O. The molecule has 0 aromatic heterocycles. The van der Waals surface area contributed by atoms with Crippen LogP contribution in [0.4, 0.5) is 0 Å². The molecule has 1 aliphatic carbocycles. The van der Waals surface area contributed by atoms with Gasteiger partial charge in [0.25, 0.3) is 0 Å². The molecule has 1 aliphatic heterocycles. The Balaban J connectivity index is 1.86. The van der Waals surface area contributed by atoms with Gasteiger partial charge in [0.15, 0.2) is 0 Å². The van der Waals surface area contributed by atoms with Crippen LogP contribution < -0.4 is 5.32 Å². The van der Waals surface area contributed by atoms with E-state index in [9.17, 15) is 0 Å². The van der Waals surface area contributed by atoms with Crippen LogP contribution in [0.3, 0.4) is 0 Å². The van der Waals surface area contributed by atoms with Gasteiger partial charge in [0.05, 0.1) is 0 Å². The first-order chi connectivity index (χ1) is 6.92. The SMILES string of the molecule is OCCC(C1CCC1)N1CCNCC1. The first-order valence-electron chi connectivity index (χ1n) is 5.97. The Bertz CT molecular complexity index is 165. The highest BCUT2D eigenvalue weighted by molar-refractivity contribution is 4.86. The van der Waals surface area contributed by atoms with Gasteiger partial charge >= 0.3 is 0 Å². The summed E-state index contributed by atoms with van der Waals surface area (Å²) in [6.45, 7) is 4.93. The Hall–Kier alpha value is -0.120. The monoisotopic (exact) mass is 198 g/mol. The lowest BCUT2D eigenvalue weighted by molar-refractivity contribution is 0.0643. The van der Waals surface area contributed by atoms with E-state index < -0.39 is 0 Å². The number of hydrogen-bond donors (Lipinski definition) is 2. The van der Waals surface area contributed by atoms with Crippen LogP contribution in [0.1, 0.15) is 25.7 Å². The van der Waals surface area contributed by atoms with Crippen molar-refractivity contribution in [2.75, 3.05) is 32.8 Å². The van der Waals surface area contributed by atoms with Crippen molar-refractivity contribution >= 4 is 0 Å². The lowest BCUT2D eigenvalue weighted by Gasteiger charge is -2.42. The number of aliphatic hydroxyl groups is 1. The third kappa shape index (κ3) is 2.27. The van der Waals surface area contributed by atoms with Gasteiger partial charge in [-0.3, -0.25) is 4.90 Å². The molecule has 0 spiro atoms. The third-order valence-electron chi connectivity index (χ3n) is 3.74. The molecule has 2 N–H and O–H groups in total. The highest BCUT2D eigenvalue weighted by Crippen LogP contribution is 2.33. The van der Waals surface area contributed by atoms with E-state index in [0.29, 0.717) is 12.6 Å². The molecule has 0 amide bonds. The Kier molecular flexibility index (Phi) is 3.79. The van der Waals surface area contributed by atoms with Gasteiger partial charge in [-0.05, 0) is 25.2 Å². The van der Waals surface area contributed by atoms with Gasteiger partial charge in [-0.15, -0.1) is 0 Å². The van der Waals surface area contributed by atoms with Crippen LogP contribution in [0.5, 0.6) is 0 Å². The molecule has 1 heterocycles. The molecule has 14 heavy (non-hydrogen) atoms. The van der Waals surface area contributed by atoms with Gasteiger partial charge in [0.2, 0.25) is 0 Å². The Labute approximate surface area is 86.5 Å². The smallest absolute Gasteiger partial charge is 0.0446 e. The van der Waals surface area contributed by atoms with Crippen molar-refractivity contribution in [1.82, 2.24) is 10.2 Å². The number of piperazine rings is 1. The summed E-state index contributed by atoms with van der Waals surface area (Å²) in [6.07, 6.45) is 5.15. The first-order valence-corrected chi connectivity index (χ1v) is 5.97. The van der Waals surface area contributed by atoms with Crippen molar-refractivity contribution in [1.29, 1.82) is 0 Å². The maximum Gasteiger partial charge on any atom is 0.0446 e. The molecule has 3 heteroatoms. The molecular weight excluding hydrogens is 176 g/mol. The zero-order valence-electron chi connectivity index (χ0n) is 8.91. The minimum Gasteiger partial charge on any atom is -0.396 e. The standard InChI is InChI=1S/C11H22N2O/c14-9-4-11(10-2-1-3-10)13-7-5-12-6-8-13/h10-12,14H,1-9H2. The zero-order chi connectivity index (χ0) is 9.80. The maximum atomic E-state index is 9.09. The number of nitrogens with zero attached hydrogens (tertiary/aromatic N) is 1. The third-order valence-corrected chi connectivity index (χ3v) is 3.74. The van der Waals surface area contributed by atoms with Crippen molar-refractivity contribution < 1.29 is 5.11 Å². The van der Waals surface area contributed by atoms with Gasteiger partial charge in [0, 0.05) is 38.8 Å². The molecule has 1 saturated heterocycles. The fourth-order valence-corrected chi connectivity index (χ4v) is 2.69. The molecule has 82 valence electrons. The summed E-state index contributed by atoms with van der Waals surface area (Å²) >= 11 is 0. The maximum absolute atomic E-state index is 9.09. The van der Waals surface area contributed by atoms with Crippen LogP contribution in [-0.4, -0.2) is 48.8 Å². The van der Waals surface area contributed by atoms with Gasteiger partial charge in [0.1, 0.15) is 0 Å². The minimum atomic E-state index is 0.352. The zero-order valence-corrected chi connectivity index (χ0v) is 8.91. The van der Waals surface area contributed by atoms with Crippen molar-refractivity contribution in [2.45, 2.75) is 31.7 Å². The van der Waals surface area contributed by atoms with Crippen molar-refractivity contribution in [3.63, 3.8) is 0 Å². The topological polar surface area (TPSA) is 35.5 Å². The van der Waals surface area contributed by atoms with Crippen LogP contribution in [0.2, 0.25) is 0 Å². The predicted octanol–water partition coefficient (Wildman–Crippen LogP) is 0.443. The van der Waals surface area contributed by atoms with Crippen molar-refractivity contribution in [3.8, 4) is 0 Å². The molecule has 3 nitrogen and oxygen atoms in total. The Morgan fingerprint density at radius 2 is 2.00 bits per heavy atom. The predicted molar refractivity (Wildman–Crippen MR) is 57.3 cm³/mol. The van der Waals surface area contributed by atoms with E-state index in [1.807, 2.05) is 0 Å². The quantitative estimate of drug-likeness (QED) is 0.688. The normalized spacial score (nSPS) is 27.2. The van der Waals surface area contributed by atoms with Crippen LogP contribution in [0, 0.1) is 5.92 Å². The molecule has 2 fully saturated rings. The van der Waals surface area contributed by atoms with E-state index in [1.165, 1.54) is 32.4 Å². The van der Waals surface area contributed by atoms with Gasteiger partial charge in [-0.25, -0.2) is 0 Å². The first kappa shape index (κ1) is 10.4. The lowest BCUT2D eigenvalue weighted by atomic mass is 9.78. The van der Waals surface area contributed by atoms with Crippen LogP contribution >= 0.6 is 0 Å². The van der Waals surface area contributed by atoms with E-state index in [1.54, 1.807) is 0 Å². The summed E-state index contributed by atoms with van der Waals surface area (Å²) in [5.74, 6) is 0.875. The van der Waals surface area contributed by atoms with Gasteiger partial charge < -0.3 is 10.4 Å². The molecule has 2 rings (SSSR count). The largest absolute Gasteiger partial charge is 0.396 e. The fraction of sp³-hybridized carbons (Fsp3) is 1.00. The summed E-state index contributed by atoms with van der Waals surface area (Å²) in [5.41, 5.74) is 0. The Morgan fingerprint density at radius 3 is 2.50 bits per heavy atom. The van der Waals surface area contributed by atoms with Crippen molar-refractivity contribution in [3.05, 3.63) is 0 Å². The molecule has 1 atom stereocenters. The summed E-state index contributed by atoms with van der Waals surface area (Å²) in [7, 11) is 0. The van der Waals surface area contributed by atoms with Gasteiger partial charge in [-0.2, -0.15) is 0 Å². The average Bonchev–Trinajstić information content (AvgIpc) is 2.16. The Morgan fingerprint density at radius 1 is 1.29 bits per heavy atom. The fourth-order valence-electron chi connectivity index (χ4n) is 2.69. The van der Waals surface area contributed by atoms with Gasteiger partial charge in [-0.1, -0.05) is 6.42 Å². The minimum absolute atomic E-state index is 0.352. The molecule has 0 aromatic carbocycles. The van der Waals surface area contributed by atoms with E-state index in [2.05, 4.69) is 10.2 Å². The molecule has 1 unspecified atom stereocenters. The lowest BCUT2D eigenvalue weighted by Crippen LogP contribution is -2.52.